The van der Waals surface area contributed by atoms with Crippen molar-refractivity contribution in [1.29, 1.82) is 0 Å². The van der Waals surface area contributed by atoms with E-state index in [0.29, 0.717) is 29.3 Å². The zero-order valence-corrected chi connectivity index (χ0v) is 12.3. The first-order chi connectivity index (χ1) is 9.65. The summed E-state index contributed by atoms with van der Waals surface area (Å²) in [5, 5.41) is 6.71. The monoisotopic (exact) mass is 302 g/mol. The minimum Gasteiger partial charge on any atom is -0.382 e. The molecule has 0 saturated carbocycles. The highest BCUT2D eigenvalue weighted by molar-refractivity contribution is 7.99. The molecule has 2 atom stereocenters. The van der Waals surface area contributed by atoms with Crippen molar-refractivity contribution in [3.8, 4) is 0 Å². The highest BCUT2D eigenvalue weighted by Crippen LogP contribution is 2.32. The van der Waals surface area contributed by atoms with Gasteiger partial charge in [-0.15, -0.1) is 0 Å². The Morgan fingerprint density at radius 3 is 2.95 bits per heavy atom. The Kier molecular flexibility index (Phi) is 6.06. The number of thioether (sulfide) groups is 1. The molecule has 1 aliphatic rings. The Balaban J connectivity index is 1.91. The van der Waals surface area contributed by atoms with Gasteiger partial charge in [0.05, 0.1) is 13.2 Å². The molecule has 2 N–H and O–H groups in total. The van der Waals surface area contributed by atoms with Crippen LogP contribution in [0.4, 0.5) is 14.5 Å². The summed E-state index contributed by atoms with van der Waals surface area (Å²) in [7, 11) is 0. The number of benzene rings is 1. The van der Waals surface area contributed by atoms with Crippen LogP contribution in [0.2, 0.25) is 0 Å². The van der Waals surface area contributed by atoms with Gasteiger partial charge in [0.15, 0.2) is 0 Å². The summed E-state index contributed by atoms with van der Waals surface area (Å²) < 4.78 is 30.5. The first-order valence-corrected chi connectivity index (χ1v) is 7.64. The van der Waals surface area contributed by atoms with Gasteiger partial charge in [-0.1, -0.05) is 23.9 Å². The van der Waals surface area contributed by atoms with E-state index >= 15 is 0 Å². The molecule has 1 fully saturated rings. The maximum absolute atomic E-state index is 12.5. The Bertz CT molecular complexity index is 414. The summed E-state index contributed by atoms with van der Waals surface area (Å²) in [6, 6.07) is 7.69. The van der Waals surface area contributed by atoms with E-state index in [1.165, 1.54) is 0 Å². The molecule has 0 spiro atoms. The molecule has 1 aromatic carbocycles. The van der Waals surface area contributed by atoms with Gasteiger partial charge in [0.2, 0.25) is 0 Å². The average Bonchev–Trinajstić information content (AvgIpc) is 2.41. The van der Waals surface area contributed by atoms with E-state index in [2.05, 4.69) is 17.6 Å². The van der Waals surface area contributed by atoms with Crippen LogP contribution in [-0.4, -0.2) is 37.6 Å². The van der Waals surface area contributed by atoms with Crippen LogP contribution in [0.5, 0.6) is 0 Å². The van der Waals surface area contributed by atoms with Gasteiger partial charge >= 0.3 is 0 Å². The fourth-order valence-corrected chi connectivity index (χ4v) is 2.91. The van der Waals surface area contributed by atoms with E-state index in [4.69, 9.17) is 4.74 Å². The van der Waals surface area contributed by atoms with Crippen LogP contribution in [-0.2, 0) is 4.74 Å². The fourth-order valence-electron chi connectivity index (χ4n) is 2.31. The minimum absolute atomic E-state index is 0.189. The van der Waals surface area contributed by atoms with E-state index in [9.17, 15) is 8.78 Å². The molecule has 1 aliphatic heterocycles. The summed E-state index contributed by atoms with van der Waals surface area (Å²) >= 11 is 0.577. The molecule has 0 amide bonds. The quantitative estimate of drug-likeness (QED) is 0.791. The number of alkyl halides is 2. The predicted octanol–water partition coefficient (Wildman–Crippen LogP) is 3.18. The molecule has 0 aromatic heterocycles. The van der Waals surface area contributed by atoms with Gasteiger partial charge in [0, 0.05) is 29.2 Å². The summed E-state index contributed by atoms with van der Waals surface area (Å²) in [4.78, 5) is 0.585. The largest absolute Gasteiger partial charge is 0.382 e. The van der Waals surface area contributed by atoms with Crippen LogP contribution in [0, 0.1) is 0 Å². The van der Waals surface area contributed by atoms with Crippen molar-refractivity contribution in [1.82, 2.24) is 5.32 Å². The van der Waals surface area contributed by atoms with Crippen LogP contribution in [0.25, 0.3) is 0 Å². The van der Waals surface area contributed by atoms with Gasteiger partial charge in [-0.25, -0.2) is 0 Å². The topological polar surface area (TPSA) is 33.3 Å². The SMILES string of the molecule is CC(CC1COCCN1)Nc1ccccc1SC(F)F. The number of nitrogens with one attached hydrogen (secondary N) is 2. The maximum Gasteiger partial charge on any atom is 0.288 e. The number of rotatable bonds is 6. The molecule has 1 aromatic rings. The molecular weight excluding hydrogens is 282 g/mol. The van der Waals surface area contributed by atoms with E-state index in [-0.39, 0.29) is 6.04 Å². The molecule has 0 aliphatic carbocycles. The van der Waals surface area contributed by atoms with E-state index < -0.39 is 5.76 Å². The van der Waals surface area contributed by atoms with Gasteiger partial charge in [-0.3, -0.25) is 0 Å². The van der Waals surface area contributed by atoms with Crippen LogP contribution < -0.4 is 10.6 Å². The third-order valence-electron chi connectivity index (χ3n) is 3.14. The number of hydrogen-bond donors (Lipinski definition) is 2. The highest BCUT2D eigenvalue weighted by Gasteiger charge is 2.17. The zero-order valence-electron chi connectivity index (χ0n) is 11.4. The number of hydrogen-bond acceptors (Lipinski definition) is 4. The molecule has 2 rings (SSSR count). The number of halogens is 2. The second-order valence-electron chi connectivity index (χ2n) is 4.88. The lowest BCUT2D eigenvalue weighted by Crippen LogP contribution is -2.43. The second kappa shape index (κ2) is 7.81. The predicted molar refractivity (Wildman–Crippen MR) is 78.6 cm³/mol. The number of anilines is 1. The Morgan fingerprint density at radius 1 is 1.45 bits per heavy atom. The second-order valence-corrected chi connectivity index (χ2v) is 5.91. The molecule has 112 valence electrons. The molecule has 6 heteroatoms. The first kappa shape index (κ1) is 15.5. The third kappa shape index (κ3) is 4.92. The fraction of sp³-hybridized carbons (Fsp3) is 0.571. The molecule has 1 saturated heterocycles. The summed E-state index contributed by atoms with van der Waals surface area (Å²) in [5.41, 5.74) is 0.766. The minimum atomic E-state index is -2.40. The lowest BCUT2D eigenvalue weighted by atomic mass is 10.1. The van der Waals surface area contributed by atoms with Crippen molar-refractivity contribution in [3.05, 3.63) is 24.3 Å². The smallest absolute Gasteiger partial charge is 0.288 e. The van der Waals surface area contributed by atoms with Crippen molar-refractivity contribution >= 4 is 17.4 Å². The third-order valence-corrected chi connectivity index (χ3v) is 3.93. The zero-order chi connectivity index (χ0) is 14.4. The van der Waals surface area contributed by atoms with Gasteiger partial charge in [-0.2, -0.15) is 8.78 Å². The van der Waals surface area contributed by atoms with Crippen LogP contribution in [0.1, 0.15) is 13.3 Å². The Hall–Kier alpha value is -0.850. The standard InChI is InChI=1S/C14H20F2N2OS/c1-10(8-11-9-19-7-6-17-11)18-12-4-2-3-5-13(12)20-14(15)16/h2-5,10-11,14,17-18H,6-9H2,1H3. The molecular formula is C14H20F2N2OS. The highest BCUT2D eigenvalue weighted by atomic mass is 32.2. The molecule has 20 heavy (non-hydrogen) atoms. The molecule has 0 bridgehead atoms. The van der Waals surface area contributed by atoms with Crippen LogP contribution >= 0.6 is 11.8 Å². The number of ether oxygens (including phenoxy) is 1. The Labute approximate surface area is 122 Å². The van der Waals surface area contributed by atoms with Crippen LogP contribution in [0.3, 0.4) is 0 Å². The number of morpholine rings is 1. The maximum atomic E-state index is 12.5. The lowest BCUT2D eigenvalue weighted by Gasteiger charge is -2.27. The summed E-state index contributed by atoms with van der Waals surface area (Å²) in [6.07, 6.45) is 0.897. The molecule has 2 unspecified atom stereocenters. The first-order valence-electron chi connectivity index (χ1n) is 6.76. The Morgan fingerprint density at radius 2 is 2.25 bits per heavy atom. The van der Waals surface area contributed by atoms with Crippen molar-refractivity contribution < 1.29 is 13.5 Å². The summed E-state index contributed by atoms with van der Waals surface area (Å²) in [6.45, 7) is 4.39. The van der Waals surface area contributed by atoms with E-state index in [1.807, 2.05) is 12.1 Å². The van der Waals surface area contributed by atoms with Gasteiger partial charge in [-0.05, 0) is 25.5 Å². The van der Waals surface area contributed by atoms with Gasteiger partial charge < -0.3 is 15.4 Å². The molecule has 0 radical (unpaired) electrons. The van der Waals surface area contributed by atoms with Crippen molar-refractivity contribution in [2.24, 2.45) is 0 Å². The van der Waals surface area contributed by atoms with E-state index in [1.54, 1.807) is 12.1 Å². The average molecular weight is 302 g/mol. The number of para-hydroxylation sites is 1. The van der Waals surface area contributed by atoms with Crippen molar-refractivity contribution in [2.45, 2.75) is 36.1 Å². The van der Waals surface area contributed by atoms with Crippen molar-refractivity contribution in [3.63, 3.8) is 0 Å². The van der Waals surface area contributed by atoms with Crippen molar-refractivity contribution in [2.75, 3.05) is 25.1 Å². The normalized spacial score (nSPS) is 20.9. The van der Waals surface area contributed by atoms with Gasteiger partial charge in [0.25, 0.3) is 5.76 Å². The summed E-state index contributed by atoms with van der Waals surface area (Å²) in [5.74, 6) is -2.40. The van der Waals surface area contributed by atoms with E-state index in [0.717, 1.165) is 25.3 Å². The van der Waals surface area contributed by atoms with Crippen LogP contribution in [0.15, 0.2) is 29.2 Å². The molecule has 3 nitrogen and oxygen atoms in total. The molecule has 1 heterocycles. The van der Waals surface area contributed by atoms with Gasteiger partial charge in [0.1, 0.15) is 0 Å². The lowest BCUT2D eigenvalue weighted by molar-refractivity contribution is 0.0731.